The molecule has 0 saturated carbocycles. The number of carbonyl (C=O) groups excluding carboxylic acids is 1. The van der Waals surface area contributed by atoms with Crippen molar-refractivity contribution in [1.29, 1.82) is 0 Å². The van der Waals surface area contributed by atoms with Crippen LogP contribution in [0.4, 0.5) is 13.2 Å². The van der Waals surface area contributed by atoms with Crippen molar-refractivity contribution in [2.45, 2.75) is 17.4 Å². The van der Waals surface area contributed by atoms with Crippen LogP contribution in [0.2, 0.25) is 0 Å². The molecule has 1 fully saturated rings. The van der Waals surface area contributed by atoms with E-state index in [1.807, 2.05) is 24.3 Å². The fourth-order valence-corrected chi connectivity index (χ4v) is 4.21. The van der Waals surface area contributed by atoms with Crippen LogP contribution in [-0.2, 0) is 15.7 Å². The largest absolute Gasteiger partial charge is 0.431 e. The molecule has 1 N–H and O–H groups in total. The van der Waals surface area contributed by atoms with Crippen LogP contribution in [0, 0.1) is 0 Å². The van der Waals surface area contributed by atoms with Crippen molar-refractivity contribution in [2.24, 2.45) is 0 Å². The van der Waals surface area contributed by atoms with E-state index >= 15 is 0 Å². The molecule has 1 aliphatic rings. The van der Waals surface area contributed by atoms with E-state index < -0.39 is 11.7 Å². The van der Waals surface area contributed by atoms with Crippen LogP contribution in [0.1, 0.15) is 17.2 Å². The normalized spacial score (nSPS) is 16.2. The van der Waals surface area contributed by atoms with Crippen LogP contribution in [0.25, 0.3) is 11.1 Å². The van der Waals surface area contributed by atoms with Gasteiger partial charge in [-0.1, -0.05) is 36.0 Å². The Balaban J connectivity index is 1.38. The summed E-state index contributed by atoms with van der Waals surface area (Å²) in [6.45, 7) is 2.63. The first-order chi connectivity index (χ1) is 15.4. The average molecular weight is 465 g/mol. The minimum Gasteiger partial charge on any atom is -0.431 e. The van der Waals surface area contributed by atoms with Crippen LogP contribution in [0.5, 0.6) is 0 Å². The zero-order chi connectivity index (χ0) is 22.6. The number of thioether (sulfide) groups is 1. The molecule has 10 heteroatoms. The Morgan fingerprint density at radius 3 is 2.53 bits per heavy atom. The van der Waals surface area contributed by atoms with Crippen LogP contribution in [0.3, 0.4) is 0 Å². The van der Waals surface area contributed by atoms with E-state index in [-0.39, 0.29) is 24.2 Å². The number of hydrogen-bond acceptors (Lipinski definition) is 6. The summed E-state index contributed by atoms with van der Waals surface area (Å²) in [7, 11) is 0. The minimum absolute atomic E-state index is 0.121. The lowest BCUT2D eigenvalue weighted by Gasteiger charge is -2.35. The predicted molar refractivity (Wildman–Crippen MR) is 114 cm³/mol. The Labute approximate surface area is 187 Å². The first-order valence-electron chi connectivity index (χ1n) is 10.1. The number of ether oxygens (including phenoxy) is 1. The molecule has 3 aromatic rings. The lowest BCUT2D eigenvalue weighted by molar-refractivity contribution is -0.137. The standard InChI is InChI=1S/C22H22F3N3O3S/c23-22(24,25)16-7-5-15(6-8-16)18(28-9-11-30-12-10-28)13-26-20(29)14-32-21-27-17-3-1-2-4-19(17)31-21/h1-8,18H,9-14H2,(H,26,29). The molecule has 2 aromatic carbocycles. The van der Waals surface area contributed by atoms with Gasteiger partial charge in [0.2, 0.25) is 5.91 Å². The Hall–Kier alpha value is -2.56. The molecule has 1 atom stereocenters. The molecule has 0 radical (unpaired) electrons. The van der Waals surface area contributed by atoms with E-state index in [2.05, 4.69) is 15.2 Å². The Bertz CT molecular complexity index is 1020. The molecule has 0 spiro atoms. The maximum Gasteiger partial charge on any atom is 0.416 e. The highest BCUT2D eigenvalue weighted by atomic mass is 32.2. The quantitative estimate of drug-likeness (QED) is 0.530. The number of amides is 1. The molecule has 32 heavy (non-hydrogen) atoms. The van der Waals surface area contributed by atoms with Gasteiger partial charge >= 0.3 is 6.18 Å². The molecule has 1 saturated heterocycles. The second kappa shape index (κ2) is 9.93. The molecule has 4 rings (SSSR count). The molecule has 170 valence electrons. The first kappa shape index (κ1) is 22.6. The van der Waals surface area contributed by atoms with E-state index in [9.17, 15) is 18.0 Å². The van der Waals surface area contributed by atoms with Crippen molar-refractivity contribution in [1.82, 2.24) is 15.2 Å². The van der Waals surface area contributed by atoms with Crippen molar-refractivity contribution in [3.63, 3.8) is 0 Å². The van der Waals surface area contributed by atoms with E-state index in [1.54, 1.807) is 0 Å². The number of para-hydroxylation sites is 2. The third kappa shape index (κ3) is 5.62. The summed E-state index contributed by atoms with van der Waals surface area (Å²) in [5, 5.41) is 3.30. The number of alkyl halides is 3. The lowest BCUT2D eigenvalue weighted by atomic mass is 10.0. The van der Waals surface area contributed by atoms with Crippen LogP contribution < -0.4 is 5.32 Å². The molecule has 1 unspecified atom stereocenters. The Morgan fingerprint density at radius 1 is 1.12 bits per heavy atom. The smallest absolute Gasteiger partial charge is 0.416 e. The molecule has 0 aliphatic carbocycles. The number of carbonyl (C=O) groups is 1. The van der Waals surface area contributed by atoms with Crippen molar-refractivity contribution >= 4 is 28.8 Å². The highest BCUT2D eigenvalue weighted by Crippen LogP contribution is 2.31. The fraction of sp³-hybridized carbons (Fsp3) is 0.364. The molecule has 6 nitrogen and oxygen atoms in total. The summed E-state index contributed by atoms with van der Waals surface area (Å²) >= 11 is 1.19. The number of rotatable bonds is 7. The SMILES string of the molecule is O=C(CSc1nc2ccccc2o1)NCC(c1ccc(C(F)(F)F)cc1)N1CCOCC1. The van der Waals surface area contributed by atoms with Gasteiger partial charge in [-0.25, -0.2) is 4.98 Å². The van der Waals surface area contributed by atoms with Crippen LogP contribution in [0.15, 0.2) is 58.2 Å². The van der Waals surface area contributed by atoms with Gasteiger partial charge in [0.05, 0.1) is 30.6 Å². The van der Waals surface area contributed by atoms with Crippen LogP contribution in [-0.4, -0.2) is 54.4 Å². The summed E-state index contributed by atoms with van der Waals surface area (Å²) in [6, 6.07) is 12.2. The average Bonchev–Trinajstić information content (AvgIpc) is 3.21. The second-order valence-electron chi connectivity index (χ2n) is 7.32. The molecular weight excluding hydrogens is 443 g/mol. The zero-order valence-corrected chi connectivity index (χ0v) is 17.9. The van der Waals surface area contributed by atoms with Crippen LogP contribution >= 0.6 is 11.8 Å². The molecular formula is C22H22F3N3O3S. The number of hydrogen-bond donors (Lipinski definition) is 1. The number of halogens is 3. The number of fused-ring (bicyclic) bond motifs is 1. The third-order valence-electron chi connectivity index (χ3n) is 5.20. The summed E-state index contributed by atoms with van der Waals surface area (Å²) in [5.41, 5.74) is 1.41. The van der Waals surface area contributed by atoms with E-state index in [0.29, 0.717) is 42.7 Å². The summed E-state index contributed by atoms with van der Waals surface area (Å²) in [6.07, 6.45) is -4.39. The monoisotopic (exact) mass is 465 g/mol. The van der Waals surface area contributed by atoms with Crippen molar-refractivity contribution in [2.75, 3.05) is 38.6 Å². The number of oxazole rings is 1. The van der Waals surface area contributed by atoms with Crippen molar-refractivity contribution in [3.05, 3.63) is 59.7 Å². The number of morpholine rings is 1. The summed E-state index contributed by atoms with van der Waals surface area (Å²) in [4.78, 5) is 18.9. The highest BCUT2D eigenvalue weighted by Gasteiger charge is 2.31. The van der Waals surface area contributed by atoms with Gasteiger partial charge in [-0.2, -0.15) is 13.2 Å². The van der Waals surface area contributed by atoms with E-state index in [4.69, 9.17) is 9.15 Å². The first-order valence-corrected chi connectivity index (χ1v) is 11.1. The van der Waals surface area contributed by atoms with Gasteiger partial charge in [-0.3, -0.25) is 9.69 Å². The highest BCUT2D eigenvalue weighted by molar-refractivity contribution is 7.99. The number of nitrogens with one attached hydrogen (secondary N) is 1. The summed E-state index contributed by atoms with van der Waals surface area (Å²) in [5.74, 6) is -0.0854. The lowest BCUT2D eigenvalue weighted by Crippen LogP contribution is -2.44. The number of benzene rings is 2. The van der Waals surface area contributed by atoms with Gasteiger partial charge in [-0.05, 0) is 29.8 Å². The van der Waals surface area contributed by atoms with Gasteiger partial charge in [0.1, 0.15) is 5.52 Å². The maximum absolute atomic E-state index is 12.9. The predicted octanol–water partition coefficient (Wildman–Crippen LogP) is 4.13. The minimum atomic E-state index is -4.39. The van der Waals surface area contributed by atoms with Gasteiger partial charge in [0, 0.05) is 19.6 Å². The Morgan fingerprint density at radius 2 is 1.84 bits per heavy atom. The van der Waals surface area contributed by atoms with Crippen molar-refractivity contribution in [3.8, 4) is 0 Å². The molecule has 1 aromatic heterocycles. The third-order valence-corrected chi connectivity index (χ3v) is 6.03. The zero-order valence-electron chi connectivity index (χ0n) is 17.1. The second-order valence-corrected chi connectivity index (χ2v) is 8.25. The molecule has 1 aliphatic heterocycles. The Kier molecular flexibility index (Phi) is 7.02. The summed E-state index contributed by atoms with van der Waals surface area (Å²) < 4.78 is 49.8. The molecule has 0 bridgehead atoms. The maximum atomic E-state index is 12.9. The van der Waals surface area contributed by atoms with E-state index in [1.165, 1.54) is 23.9 Å². The molecule has 2 heterocycles. The van der Waals surface area contributed by atoms with Gasteiger partial charge < -0.3 is 14.5 Å². The fourth-order valence-electron chi connectivity index (χ4n) is 3.54. The molecule has 1 amide bonds. The van der Waals surface area contributed by atoms with Gasteiger partial charge in [0.15, 0.2) is 5.58 Å². The van der Waals surface area contributed by atoms with Gasteiger partial charge in [0.25, 0.3) is 5.22 Å². The topological polar surface area (TPSA) is 67.6 Å². The number of aromatic nitrogens is 1. The van der Waals surface area contributed by atoms with Crippen molar-refractivity contribution < 1.29 is 27.1 Å². The number of nitrogens with zero attached hydrogens (tertiary/aromatic N) is 2. The van der Waals surface area contributed by atoms with E-state index in [0.717, 1.165) is 17.6 Å². The van der Waals surface area contributed by atoms with Gasteiger partial charge in [-0.15, -0.1) is 0 Å².